The van der Waals surface area contributed by atoms with Crippen LogP contribution in [0.15, 0.2) is 40.9 Å². The van der Waals surface area contributed by atoms with E-state index in [4.69, 9.17) is 4.52 Å². The van der Waals surface area contributed by atoms with E-state index in [1.54, 1.807) is 31.2 Å². The molecule has 5 nitrogen and oxygen atoms in total. The van der Waals surface area contributed by atoms with Crippen LogP contribution in [0, 0.1) is 12.7 Å². The Hall–Kier alpha value is -2.76. The molecular weight excluding hydrogens is 261 g/mol. The SMILES string of the molecule is Cc1noc(NC(=O)c2ccc(F)c3ccccc23)n1. The van der Waals surface area contributed by atoms with Gasteiger partial charge in [0, 0.05) is 10.9 Å². The number of benzene rings is 2. The van der Waals surface area contributed by atoms with Crippen LogP contribution in [0.2, 0.25) is 0 Å². The number of nitrogens with one attached hydrogen (secondary N) is 1. The van der Waals surface area contributed by atoms with Crippen molar-refractivity contribution in [3.05, 3.63) is 53.6 Å². The Kier molecular flexibility index (Phi) is 2.90. The number of halogens is 1. The Morgan fingerprint density at radius 1 is 1.20 bits per heavy atom. The lowest BCUT2D eigenvalue weighted by molar-refractivity contribution is 0.102. The molecule has 1 amide bonds. The molecule has 1 heterocycles. The summed E-state index contributed by atoms with van der Waals surface area (Å²) < 4.78 is 18.5. The first kappa shape index (κ1) is 12.3. The fraction of sp³-hybridized carbons (Fsp3) is 0.0714. The first-order chi connectivity index (χ1) is 9.65. The highest BCUT2D eigenvalue weighted by Crippen LogP contribution is 2.22. The van der Waals surface area contributed by atoms with Gasteiger partial charge < -0.3 is 4.52 Å². The minimum atomic E-state index is -0.426. The smallest absolute Gasteiger partial charge is 0.315 e. The predicted octanol–water partition coefficient (Wildman–Crippen LogP) is 2.92. The quantitative estimate of drug-likeness (QED) is 0.778. The van der Waals surface area contributed by atoms with Crippen LogP contribution in [-0.4, -0.2) is 16.0 Å². The lowest BCUT2D eigenvalue weighted by Crippen LogP contribution is -2.12. The van der Waals surface area contributed by atoms with Crippen LogP contribution in [0.25, 0.3) is 10.8 Å². The molecule has 0 aliphatic heterocycles. The van der Waals surface area contributed by atoms with Crippen molar-refractivity contribution in [2.45, 2.75) is 6.92 Å². The minimum absolute atomic E-state index is 0.0147. The Bertz CT molecular complexity index is 798. The summed E-state index contributed by atoms with van der Waals surface area (Å²) in [5, 5.41) is 6.99. The second-order valence-electron chi connectivity index (χ2n) is 4.24. The van der Waals surface area contributed by atoms with Crippen molar-refractivity contribution in [3.63, 3.8) is 0 Å². The summed E-state index contributed by atoms with van der Waals surface area (Å²) in [6.07, 6.45) is 0. The van der Waals surface area contributed by atoms with E-state index in [-0.39, 0.29) is 11.8 Å². The molecule has 100 valence electrons. The van der Waals surface area contributed by atoms with Crippen molar-refractivity contribution in [1.29, 1.82) is 0 Å². The van der Waals surface area contributed by atoms with Crippen molar-refractivity contribution in [2.75, 3.05) is 5.32 Å². The molecule has 3 rings (SSSR count). The fourth-order valence-electron chi connectivity index (χ4n) is 1.97. The lowest BCUT2D eigenvalue weighted by atomic mass is 10.0. The van der Waals surface area contributed by atoms with Crippen LogP contribution in [-0.2, 0) is 0 Å². The van der Waals surface area contributed by atoms with E-state index in [2.05, 4.69) is 15.5 Å². The molecule has 0 bridgehead atoms. The summed E-state index contributed by atoms with van der Waals surface area (Å²) in [6.45, 7) is 1.65. The molecule has 0 aliphatic rings. The molecule has 0 saturated heterocycles. The molecule has 2 aromatic carbocycles. The van der Waals surface area contributed by atoms with Gasteiger partial charge in [-0.2, -0.15) is 4.98 Å². The number of aromatic nitrogens is 2. The average Bonchev–Trinajstić information content (AvgIpc) is 2.84. The Morgan fingerprint density at radius 2 is 1.95 bits per heavy atom. The molecule has 0 spiro atoms. The summed E-state index contributed by atoms with van der Waals surface area (Å²) in [7, 11) is 0. The number of hydrogen-bond donors (Lipinski definition) is 1. The van der Waals surface area contributed by atoms with E-state index in [1.807, 2.05) is 0 Å². The standard InChI is InChI=1S/C14H10FN3O2/c1-8-16-14(20-18-8)17-13(19)11-6-7-12(15)10-5-3-2-4-9(10)11/h2-7H,1H3,(H,16,17,18,19). The van der Waals surface area contributed by atoms with Crippen LogP contribution >= 0.6 is 0 Å². The number of hydrogen-bond acceptors (Lipinski definition) is 4. The molecular formula is C14H10FN3O2. The maximum absolute atomic E-state index is 13.7. The van der Waals surface area contributed by atoms with Crippen molar-refractivity contribution < 1.29 is 13.7 Å². The summed E-state index contributed by atoms with van der Waals surface area (Å²) in [4.78, 5) is 16.1. The van der Waals surface area contributed by atoms with Crippen molar-refractivity contribution in [1.82, 2.24) is 10.1 Å². The second kappa shape index (κ2) is 4.73. The normalized spacial score (nSPS) is 10.7. The molecule has 0 saturated carbocycles. The van der Waals surface area contributed by atoms with Crippen LogP contribution in [0.3, 0.4) is 0 Å². The fourth-order valence-corrected chi connectivity index (χ4v) is 1.97. The zero-order chi connectivity index (χ0) is 14.1. The van der Waals surface area contributed by atoms with Crippen molar-refractivity contribution in [2.24, 2.45) is 0 Å². The average molecular weight is 271 g/mol. The van der Waals surface area contributed by atoms with Gasteiger partial charge in [-0.25, -0.2) is 4.39 Å². The predicted molar refractivity (Wildman–Crippen MR) is 70.9 cm³/mol. The number of carbonyl (C=O) groups is 1. The third kappa shape index (κ3) is 2.11. The summed E-state index contributed by atoms with van der Waals surface area (Å²) in [6, 6.07) is 9.47. The van der Waals surface area contributed by atoms with Gasteiger partial charge in [0.25, 0.3) is 5.91 Å². The van der Waals surface area contributed by atoms with Gasteiger partial charge in [-0.05, 0) is 24.4 Å². The number of aryl methyl sites for hydroxylation is 1. The van der Waals surface area contributed by atoms with Gasteiger partial charge in [0.05, 0.1) is 0 Å². The van der Waals surface area contributed by atoms with Gasteiger partial charge in [0.2, 0.25) is 0 Å². The molecule has 0 atom stereocenters. The number of carbonyl (C=O) groups excluding carboxylic acids is 1. The Labute approximate surface area is 113 Å². The highest BCUT2D eigenvalue weighted by atomic mass is 19.1. The van der Waals surface area contributed by atoms with Gasteiger partial charge in [0.1, 0.15) is 5.82 Å². The lowest BCUT2D eigenvalue weighted by Gasteiger charge is -2.06. The van der Waals surface area contributed by atoms with E-state index in [1.165, 1.54) is 12.1 Å². The molecule has 0 aliphatic carbocycles. The molecule has 1 aromatic heterocycles. The number of anilines is 1. The summed E-state index contributed by atoms with van der Waals surface area (Å²) >= 11 is 0. The molecule has 0 radical (unpaired) electrons. The van der Waals surface area contributed by atoms with Crippen LogP contribution < -0.4 is 5.32 Å². The molecule has 20 heavy (non-hydrogen) atoms. The minimum Gasteiger partial charge on any atom is -0.315 e. The maximum Gasteiger partial charge on any atom is 0.328 e. The van der Waals surface area contributed by atoms with E-state index < -0.39 is 5.91 Å². The first-order valence-electron chi connectivity index (χ1n) is 5.94. The monoisotopic (exact) mass is 271 g/mol. The van der Waals surface area contributed by atoms with Crippen LogP contribution in [0.1, 0.15) is 16.2 Å². The van der Waals surface area contributed by atoms with Gasteiger partial charge >= 0.3 is 6.01 Å². The van der Waals surface area contributed by atoms with Crippen LogP contribution in [0.4, 0.5) is 10.4 Å². The Balaban J connectivity index is 2.01. The number of fused-ring (bicyclic) bond motifs is 1. The summed E-state index contributed by atoms with van der Waals surface area (Å²) in [5.74, 6) is -0.375. The van der Waals surface area contributed by atoms with E-state index in [9.17, 15) is 9.18 Å². The van der Waals surface area contributed by atoms with E-state index in [0.29, 0.717) is 22.2 Å². The van der Waals surface area contributed by atoms with E-state index >= 15 is 0 Å². The molecule has 3 aromatic rings. The molecule has 6 heteroatoms. The van der Waals surface area contributed by atoms with Crippen LogP contribution in [0.5, 0.6) is 0 Å². The highest BCUT2D eigenvalue weighted by Gasteiger charge is 2.14. The van der Waals surface area contributed by atoms with Gasteiger partial charge in [-0.15, -0.1) is 0 Å². The number of nitrogens with zero attached hydrogens (tertiary/aromatic N) is 2. The van der Waals surface area contributed by atoms with Crippen molar-refractivity contribution >= 4 is 22.7 Å². The maximum atomic E-state index is 13.7. The largest absolute Gasteiger partial charge is 0.328 e. The zero-order valence-electron chi connectivity index (χ0n) is 10.6. The number of amides is 1. The molecule has 1 N–H and O–H groups in total. The number of rotatable bonds is 2. The first-order valence-corrected chi connectivity index (χ1v) is 5.94. The zero-order valence-corrected chi connectivity index (χ0v) is 10.6. The molecule has 0 fully saturated rings. The van der Waals surface area contributed by atoms with Gasteiger partial charge in [-0.1, -0.05) is 29.4 Å². The Morgan fingerprint density at radius 3 is 2.65 bits per heavy atom. The second-order valence-corrected chi connectivity index (χ2v) is 4.24. The molecule has 0 unspecified atom stereocenters. The van der Waals surface area contributed by atoms with E-state index in [0.717, 1.165) is 0 Å². The van der Waals surface area contributed by atoms with Gasteiger partial charge in [-0.3, -0.25) is 10.1 Å². The van der Waals surface area contributed by atoms with Gasteiger partial charge in [0.15, 0.2) is 5.82 Å². The third-order valence-electron chi connectivity index (χ3n) is 2.86. The topological polar surface area (TPSA) is 68.0 Å². The third-order valence-corrected chi connectivity index (χ3v) is 2.86. The highest BCUT2D eigenvalue weighted by molar-refractivity contribution is 6.12. The van der Waals surface area contributed by atoms with Crippen molar-refractivity contribution in [3.8, 4) is 0 Å². The summed E-state index contributed by atoms with van der Waals surface area (Å²) in [5.41, 5.74) is 0.345.